The van der Waals surface area contributed by atoms with Gasteiger partial charge in [-0.2, -0.15) is 17.9 Å². The summed E-state index contributed by atoms with van der Waals surface area (Å²) in [6.07, 6.45) is 0.642. The van der Waals surface area contributed by atoms with Crippen LogP contribution in [0.1, 0.15) is 12.0 Å². The van der Waals surface area contributed by atoms with Crippen LogP contribution in [-0.2, 0) is 26.2 Å². The van der Waals surface area contributed by atoms with E-state index in [-0.39, 0.29) is 19.6 Å². The zero-order valence-corrected chi connectivity index (χ0v) is 12.6. The molecule has 3 N–H and O–H groups in total. The van der Waals surface area contributed by atoms with Gasteiger partial charge in [0.1, 0.15) is 6.04 Å². The number of benzene rings is 1. The molecule has 0 saturated carbocycles. The van der Waals surface area contributed by atoms with E-state index in [0.717, 1.165) is 5.56 Å². The van der Waals surface area contributed by atoms with E-state index in [1.54, 1.807) is 0 Å². The van der Waals surface area contributed by atoms with Gasteiger partial charge in [0.25, 0.3) is 10.2 Å². The average molecular weight is 316 g/mol. The molecule has 1 aromatic carbocycles. The van der Waals surface area contributed by atoms with Crippen molar-refractivity contribution in [2.24, 2.45) is 0 Å². The van der Waals surface area contributed by atoms with Crippen LogP contribution in [-0.4, -0.2) is 45.8 Å². The van der Waals surface area contributed by atoms with Crippen molar-refractivity contribution in [3.8, 4) is 0 Å². The molecule has 8 heteroatoms. The lowest BCUT2D eigenvalue weighted by Crippen LogP contribution is -2.47. The Bertz CT molecular complexity index is 533. The number of carboxylic acids is 1. The van der Waals surface area contributed by atoms with Crippen LogP contribution < -0.4 is 9.44 Å². The Labute approximate surface area is 124 Å². The molecule has 0 amide bonds. The summed E-state index contributed by atoms with van der Waals surface area (Å²) < 4.78 is 32.4. The van der Waals surface area contributed by atoms with Crippen molar-refractivity contribution < 1.29 is 23.1 Å². The van der Waals surface area contributed by atoms with E-state index < -0.39 is 22.2 Å². The molecule has 0 aliphatic carbocycles. The van der Waals surface area contributed by atoms with Crippen molar-refractivity contribution in [1.82, 2.24) is 9.44 Å². The van der Waals surface area contributed by atoms with Crippen LogP contribution >= 0.6 is 0 Å². The first-order chi connectivity index (χ1) is 9.94. The van der Waals surface area contributed by atoms with Crippen molar-refractivity contribution in [2.45, 2.75) is 18.9 Å². The molecule has 118 valence electrons. The molecule has 1 aromatic rings. The van der Waals surface area contributed by atoms with Gasteiger partial charge in [0.15, 0.2) is 0 Å². The maximum atomic E-state index is 11.7. The summed E-state index contributed by atoms with van der Waals surface area (Å²) in [7, 11) is -2.42. The lowest BCUT2D eigenvalue weighted by Gasteiger charge is -2.15. The van der Waals surface area contributed by atoms with Gasteiger partial charge in [-0.1, -0.05) is 30.3 Å². The van der Waals surface area contributed by atoms with Crippen LogP contribution in [0, 0.1) is 0 Å². The summed E-state index contributed by atoms with van der Waals surface area (Å²) in [5.74, 6) is -1.21. The van der Waals surface area contributed by atoms with E-state index in [9.17, 15) is 13.2 Å². The summed E-state index contributed by atoms with van der Waals surface area (Å²) in [6.45, 7) is 0.291. The number of hydrogen-bond donors (Lipinski definition) is 3. The van der Waals surface area contributed by atoms with Gasteiger partial charge in [-0.3, -0.25) is 4.79 Å². The molecule has 0 aliphatic heterocycles. The predicted molar refractivity (Wildman–Crippen MR) is 78.1 cm³/mol. The number of aryl methyl sites for hydroxylation is 1. The summed E-state index contributed by atoms with van der Waals surface area (Å²) in [5, 5.41) is 9.11. The van der Waals surface area contributed by atoms with Crippen LogP contribution in [0.25, 0.3) is 0 Å². The third kappa shape index (κ3) is 7.19. The standard InChI is InChI=1S/C13H20N2O5S/c1-20-10-9-14-21(18,19)15-12(13(16)17)8-7-11-5-3-2-4-6-11/h2-6,12,14-15H,7-10H2,1H3,(H,16,17). The highest BCUT2D eigenvalue weighted by Crippen LogP contribution is 2.06. The number of nitrogens with one attached hydrogen (secondary N) is 2. The molecule has 0 aromatic heterocycles. The molecule has 0 fully saturated rings. The van der Waals surface area contributed by atoms with Crippen molar-refractivity contribution in [3.05, 3.63) is 35.9 Å². The Morgan fingerprint density at radius 1 is 1.33 bits per heavy atom. The molecule has 0 aliphatic rings. The summed E-state index contributed by atoms with van der Waals surface area (Å²) >= 11 is 0. The van der Waals surface area contributed by atoms with Crippen LogP contribution in [0.5, 0.6) is 0 Å². The number of rotatable bonds is 10. The highest BCUT2D eigenvalue weighted by Gasteiger charge is 2.23. The molecule has 0 bridgehead atoms. The molecule has 1 atom stereocenters. The van der Waals surface area contributed by atoms with Gasteiger partial charge in [-0.05, 0) is 18.4 Å². The molecule has 0 saturated heterocycles. The van der Waals surface area contributed by atoms with Gasteiger partial charge in [0.05, 0.1) is 6.61 Å². The summed E-state index contributed by atoms with van der Waals surface area (Å²) in [4.78, 5) is 11.1. The highest BCUT2D eigenvalue weighted by atomic mass is 32.2. The molecule has 1 unspecified atom stereocenters. The van der Waals surface area contributed by atoms with E-state index >= 15 is 0 Å². The number of aliphatic carboxylic acids is 1. The van der Waals surface area contributed by atoms with Gasteiger partial charge in [0.2, 0.25) is 0 Å². The van der Waals surface area contributed by atoms with Gasteiger partial charge in [-0.25, -0.2) is 0 Å². The first-order valence-electron chi connectivity index (χ1n) is 6.47. The minimum Gasteiger partial charge on any atom is -0.480 e. The second-order valence-corrected chi connectivity index (χ2v) is 5.95. The van der Waals surface area contributed by atoms with E-state index in [0.29, 0.717) is 6.42 Å². The van der Waals surface area contributed by atoms with Crippen LogP contribution in [0.4, 0.5) is 0 Å². The molecular weight excluding hydrogens is 296 g/mol. The normalized spacial score (nSPS) is 13.0. The van der Waals surface area contributed by atoms with E-state index in [1.807, 2.05) is 30.3 Å². The van der Waals surface area contributed by atoms with Gasteiger partial charge in [-0.15, -0.1) is 0 Å². The topological polar surface area (TPSA) is 105 Å². The van der Waals surface area contributed by atoms with Crippen LogP contribution in [0.3, 0.4) is 0 Å². The Hall–Kier alpha value is -1.48. The second-order valence-electron chi connectivity index (χ2n) is 4.42. The molecule has 21 heavy (non-hydrogen) atoms. The fraction of sp³-hybridized carbons (Fsp3) is 0.462. The SMILES string of the molecule is COCCNS(=O)(=O)NC(CCc1ccccc1)C(=O)O. The number of carboxylic acid groups (broad SMARTS) is 1. The second kappa shape index (κ2) is 8.73. The van der Waals surface area contributed by atoms with Crippen molar-refractivity contribution in [2.75, 3.05) is 20.3 Å². The minimum absolute atomic E-state index is 0.0802. The van der Waals surface area contributed by atoms with Gasteiger partial charge in [0, 0.05) is 13.7 Å². The minimum atomic E-state index is -3.86. The number of carbonyl (C=O) groups is 1. The Kier molecular flexibility index (Phi) is 7.30. The quantitative estimate of drug-likeness (QED) is 0.533. The number of methoxy groups -OCH3 is 1. The Balaban J connectivity index is 2.55. The zero-order chi connectivity index (χ0) is 15.7. The van der Waals surface area contributed by atoms with E-state index in [2.05, 4.69) is 9.44 Å². The first-order valence-corrected chi connectivity index (χ1v) is 7.95. The lowest BCUT2D eigenvalue weighted by molar-refractivity contribution is -0.139. The molecule has 7 nitrogen and oxygen atoms in total. The maximum absolute atomic E-state index is 11.7. The molecule has 0 heterocycles. The molecule has 0 radical (unpaired) electrons. The maximum Gasteiger partial charge on any atom is 0.321 e. The number of hydrogen-bond acceptors (Lipinski definition) is 4. The smallest absolute Gasteiger partial charge is 0.321 e. The molecule has 0 spiro atoms. The zero-order valence-electron chi connectivity index (χ0n) is 11.8. The van der Waals surface area contributed by atoms with E-state index in [4.69, 9.17) is 9.84 Å². The monoisotopic (exact) mass is 316 g/mol. The van der Waals surface area contributed by atoms with Crippen LogP contribution in [0.15, 0.2) is 30.3 Å². The lowest BCUT2D eigenvalue weighted by atomic mass is 10.1. The predicted octanol–water partition coefficient (Wildman–Crippen LogP) is 0.143. The fourth-order valence-electron chi connectivity index (χ4n) is 1.70. The fourth-order valence-corrected chi connectivity index (χ4v) is 2.72. The first kappa shape index (κ1) is 17.6. The average Bonchev–Trinajstić information content (AvgIpc) is 2.44. The molecular formula is C13H20N2O5S. The van der Waals surface area contributed by atoms with Crippen LogP contribution in [0.2, 0.25) is 0 Å². The van der Waals surface area contributed by atoms with Gasteiger partial charge >= 0.3 is 5.97 Å². The Morgan fingerprint density at radius 2 is 2.00 bits per heavy atom. The number of ether oxygens (including phenoxy) is 1. The van der Waals surface area contributed by atoms with Crippen molar-refractivity contribution in [3.63, 3.8) is 0 Å². The highest BCUT2D eigenvalue weighted by molar-refractivity contribution is 7.87. The molecule has 1 rings (SSSR count). The van der Waals surface area contributed by atoms with E-state index in [1.165, 1.54) is 7.11 Å². The van der Waals surface area contributed by atoms with Crippen molar-refractivity contribution >= 4 is 16.2 Å². The third-order valence-corrected chi connectivity index (χ3v) is 3.94. The third-order valence-electron chi connectivity index (χ3n) is 2.76. The summed E-state index contributed by atoms with van der Waals surface area (Å²) in [6, 6.07) is 8.11. The van der Waals surface area contributed by atoms with Crippen molar-refractivity contribution in [1.29, 1.82) is 0 Å². The summed E-state index contributed by atoms with van der Waals surface area (Å²) in [5.41, 5.74) is 0.954. The largest absolute Gasteiger partial charge is 0.480 e. The van der Waals surface area contributed by atoms with Gasteiger partial charge < -0.3 is 9.84 Å². The Morgan fingerprint density at radius 3 is 2.57 bits per heavy atom.